The van der Waals surface area contributed by atoms with E-state index < -0.39 is 16.8 Å². The topological polar surface area (TPSA) is 90.9 Å². The molecule has 5 aromatic rings. The van der Waals surface area contributed by atoms with Crippen LogP contribution in [0.15, 0.2) is 64.9 Å². The highest BCUT2D eigenvalue weighted by Crippen LogP contribution is 2.38. The molecule has 1 aliphatic carbocycles. The lowest BCUT2D eigenvalue weighted by atomic mass is 9.96. The number of hydrogen-bond acceptors (Lipinski definition) is 6. The van der Waals surface area contributed by atoms with Gasteiger partial charge < -0.3 is 0 Å². The van der Waals surface area contributed by atoms with Crippen molar-refractivity contribution >= 4 is 39.4 Å². The van der Waals surface area contributed by atoms with E-state index in [9.17, 15) is 13.4 Å². The van der Waals surface area contributed by atoms with Crippen molar-refractivity contribution in [1.29, 1.82) is 0 Å². The van der Waals surface area contributed by atoms with Crippen LogP contribution in [-0.2, 0) is 23.8 Å². The maximum Gasteiger partial charge on any atom is 0.211 e. The Morgan fingerprint density at radius 3 is 2.67 bits per heavy atom. The second-order valence-corrected chi connectivity index (χ2v) is 13.5. The molecule has 1 unspecified atom stereocenters. The van der Waals surface area contributed by atoms with Crippen LogP contribution in [-0.4, -0.2) is 24.8 Å². The van der Waals surface area contributed by atoms with Crippen molar-refractivity contribution in [3.63, 3.8) is 0 Å². The van der Waals surface area contributed by atoms with E-state index in [0.717, 1.165) is 52.2 Å². The van der Waals surface area contributed by atoms with Gasteiger partial charge in [0.05, 0.1) is 21.2 Å². The summed E-state index contributed by atoms with van der Waals surface area (Å²) in [5, 5.41) is 12.9. The molecular weight excluding hydrogens is 588 g/mol. The molecule has 1 aliphatic rings. The zero-order valence-corrected chi connectivity index (χ0v) is 25.5. The zero-order chi connectivity index (χ0) is 29.4. The largest absolute Gasteiger partial charge is 0.293 e. The Hall–Kier alpha value is -3.75. The van der Waals surface area contributed by atoms with Crippen LogP contribution in [0.2, 0.25) is 0 Å². The fraction of sp³-hybridized carbons (Fsp3) is 0.219. The van der Waals surface area contributed by atoms with E-state index in [0.29, 0.717) is 28.7 Å². The zero-order valence-electron chi connectivity index (χ0n) is 23.0. The summed E-state index contributed by atoms with van der Waals surface area (Å²) in [6.45, 7) is 3.56. The van der Waals surface area contributed by atoms with E-state index in [1.54, 1.807) is 22.8 Å². The molecule has 0 amide bonds. The molecule has 10 heteroatoms. The summed E-state index contributed by atoms with van der Waals surface area (Å²) < 4.78 is 28.4. The Morgan fingerprint density at radius 1 is 1.17 bits per heavy atom. The summed E-state index contributed by atoms with van der Waals surface area (Å²) in [7, 11) is -1.91. The number of aromatic nitrogens is 3. The summed E-state index contributed by atoms with van der Waals surface area (Å²) in [6.07, 6.45) is 3.47. The van der Waals surface area contributed by atoms with Crippen LogP contribution in [0.1, 0.15) is 62.4 Å². The van der Waals surface area contributed by atoms with Crippen LogP contribution in [0.5, 0.6) is 0 Å². The van der Waals surface area contributed by atoms with Gasteiger partial charge in [0.15, 0.2) is 5.78 Å². The van der Waals surface area contributed by atoms with E-state index in [4.69, 9.17) is 10.2 Å². The van der Waals surface area contributed by atoms with Crippen LogP contribution in [0.4, 0.5) is 4.39 Å². The summed E-state index contributed by atoms with van der Waals surface area (Å²) in [6, 6.07) is 16.7. The summed E-state index contributed by atoms with van der Waals surface area (Å²) >= 11 is 3.03. The second-order valence-electron chi connectivity index (χ2n) is 10.4. The van der Waals surface area contributed by atoms with Crippen LogP contribution in [0, 0.1) is 30.5 Å². The number of thiazole rings is 1. The normalized spacial score (nSPS) is 13.5. The van der Waals surface area contributed by atoms with E-state index in [1.807, 2.05) is 35.0 Å². The summed E-state index contributed by atoms with van der Waals surface area (Å²) in [4.78, 5) is 18.8. The molecular formula is C32H27FN4O2S3. The third-order valence-electron chi connectivity index (χ3n) is 7.10. The Labute approximate surface area is 254 Å². The number of ketones is 1. The number of carbonyl (C=O) groups excluding carboxylic acids is 1. The Kier molecular flexibility index (Phi) is 8.01. The first kappa shape index (κ1) is 28.4. The van der Waals surface area contributed by atoms with Crippen LogP contribution in [0.3, 0.4) is 0 Å². The lowest BCUT2D eigenvalue weighted by Gasteiger charge is -2.10. The number of thiophene rings is 1. The van der Waals surface area contributed by atoms with Crippen LogP contribution >= 0.6 is 22.7 Å². The Bertz CT molecular complexity index is 1910. The quantitative estimate of drug-likeness (QED) is 0.157. The lowest BCUT2D eigenvalue weighted by molar-refractivity contribution is 0.101. The van der Waals surface area contributed by atoms with Gasteiger partial charge in [0.25, 0.3) is 0 Å². The predicted octanol–water partition coefficient (Wildman–Crippen LogP) is 6.63. The molecule has 2 N–H and O–H groups in total. The minimum atomic E-state index is -1.91. The van der Waals surface area contributed by atoms with Crippen LogP contribution < -0.4 is 5.14 Å². The fourth-order valence-electron chi connectivity index (χ4n) is 4.79. The third kappa shape index (κ3) is 6.20. The number of carbonyl (C=O) groups is 1. The molecule has 0 aliphatic heterocycles. The third-order valence-corrected chi connectivity index (χ3v) is 9.60. The van der Waals surface area contributed by atoms with Gasteiger partial charge in [-0.15, -0.1) is 22.7 Å². The fourth-order valence-corrected chi connectivity index (χ4v) is 6.80. The number of nitrogens with two attached hydrogens (primary N) is 1. The number of aryl methyl sites for hydroxylation is 1. The first-order valence-corrected chi connectivity index (χ1v) is 16.4. The van der Waals surface area contributed by atoms with Crippen molar-refractivity contribution in [2.75, 3.05) is 0 Å². The molecule has 3 aromatic heterocycles. The minimum Gasteiger partial charge on any atom is -0.293 e. The average molecular weight is 615 g/mol. The van der Waals surface area contributed by atoms with E-state index in [2.05, 4.69) is 29.8 Å². The maximum absolute atomic E-state index is 14.8. The highest BCUT2D eigenvalue weighted by molar-refractivity contribution is 7.82. The number of nitrogens with zero attached hydrogens (tertiary/aromatic N) is 3. The van der Waals surface area contributed by atoms with Crippen LogP contribution in [0.25, 0.3) is 16.4 Å². The van der Waals surface area contributed by atoms with Gasteiger partial charge in [-0.1, -0.05) is 30.0 Å². The molecule has 212 valence electrons. The van der Waals surface area contributed by atoms with Crippen molar-refractivity contribution in [2.45, 2.75) is 44.4 Å². The average Bonchev–Trinajstić information content (AvgIpc) is 3.31. The molecule has 0 spiro atoms. The molecule has 1 saturated carbocycles. The molecule has 0 saturated heterocycles. The SMILES string of the molecule is CC(=O)c1csc(-n2nc(-c3cccc(C#Cc4ccc(C)s4)c3)c(Cc3ccc(S(N)=O)c(F)c3)c2CC2CC2)n1. The molecule has 2 aromatic carbocycles. The van der Waals surface area contributed by atoms with Gasteiger partial charge in [-0.05, 0) is 74.1 Å². The van der Waals surface area contributed by atoms with E-state index in [-0.39, 0.29) is 10.7 Å². The number of Topliss-reactive ketones (excluding diaryl/α,β-unsaturated/α-hetero) is 1. The molecule has 6 rings (SSSR count). The van der Waals surface area contributed by atoms with Crippen molar-refractivity contribution in [1.82, 2.24) is 14.8 Å². The standard InChI is InChI=1S/C32H27FN4O2S3/c1-19-6-11-25(41-19)12-9-21-4-3-5-24(14-21)31-26(15-23-10-13-30(42(34)39)27(33)16-23)29(17-22-7-8-22)37(36-31)32-35-28(18-40-32)20(2)38/h3-6,10-11,13-14,16,18,22H,7-8,15,17,34H2,1-2H3. The van der Waals surface area contributed by atoms with Gasteiger partial charge in [-0.25, -0.2) is 23.4 Å². The smallest absolute Gasteiger partial charge is 0.211 e. The lowest BCUT2D eigenvalue weighted by Crippen LogP contribution is -2.07. The number of halogens is 1. The number of hydrogen-bond donors (Lipinski definition) is 1. The van der Waals surface area contributed by atoms with E-state index >= 15 is 0 Å². The second kappa shape index (κ2) is 11.9. The van der Waals surface area contributed by atoms with Gasteiger partial charge in [-0.2, -0.15) is 5.10 Å². The molecule has 0 radical (unpaired) electrons. The highest BCUT2D eigenvalue weighted by Gasteiger charge is 2.29. The monoisotopic (exact) mass is 614 g/mol. The molecule has 3 heterocycles. The summed E-state index contributed by atoms with van der Waals surface area (Å²) in [5.74, 6) is 6.36. The van der Waals surface area contributed by atoms with Crippen molar-refractivity contribution in [3.05, 3.63) is 104 Å². The van der Waals surface area contributed by atoms with Gasteiger partial charge >= 0.3 is 0 Å². The highest BCUT2D eigenvalue weighted by atomic mass is 32.2. The molecule has 1 fully saturated rings. The van der Waals surface area contributed by atoms with Gasteiger partial charge in [-0.3, -0.25) is 4.79 Å². The van der Waals surface area contributed by atoms with Crippen molar-refractivity contribution in [3.8, 4) is 28.2 Å². The van der Waals surface area contributed by atoms with Gasteiger partial charge in [0, 0.05) is 40.3 Å². The van der Waals surface area contributed by atoms with Crippen molar-refractivity contribution in [2.24, 2.45) is 11.1 Å². The van der Waals surface area contributed by atoms with Gasteiger partial charge in [0.2, 0.25) is 5.13 Å². The predicted molar refractivity (Wildman–Crippen MR) is 166 cm³/mol. The molecule has 42 heavy (non-hydrogen) atoms. The molecule has 1 atom stereocenters. The van der Waals surface area contributed by atoms with E-state index in [1.165, 1.54) is 35.3 Å². The Morgan fingerprint density at radius 2 is 2.00 bits per heavy atom. The van der Waals surface area contributed by atoms with Crippen molar-refractivity contribution < 1.29 is 13.4 Å². The first-order valence-electron chi connectivity index (χ1n) is 13.5. The Balaban J connectivity index is 1.48. The molecule has 0 bridgehead atoms. The number of benzene rings is 2. The molecule has 6 nitrogen and oxygen atoms in total. The van der Waals surface area contributed by atoms with Gasteiger partial charge in [0.1, 0.15) is 22.5 Å². The maximum atomic E-state index is 14.8. The minimum absolute atomic E-state index is 0.0281. The number of rotatable bonds is 8. The first-order chi connectivity index (χ1) is 20.2. The summed E-state index contributed by atoms with van der Waals surface area (Å²) in [5.41, 5.74) is 5.57.